The van der Waals surface area contributed by atoms with Crippen LogP contribution in [-0.4, -0.2) is 17.1 Å². The molecule has 1 heterocycles. The van der Waals surface area contributed by atoms with Crippen molar-refractivity contribution in [3.63, 3.8) is 0 Å². The molecule has 0 spiro atoms. The van der Waals surface area contributed by atoms with Crippen molar-refractivity contribution < 1.29 is 4.74 Å². The summed E-state index contributed by atoms with van der Waals surface area (Å²) in [7, 11) is 1.67. The molecule has 0 aliphatic heterocycles. The van der Waals surface area contributed by atoms with E-state index in [1.807, 2.05) is 30.3 Å². The van der Waals surface area contributed by atoms with Gasteiger partial charge >= 0.3 is 0 Å². The van der Waals surface area contributed by atoms with Crippen molar-refractivity contribution in [2.75, 3.05) is 17.7 Å². The molecule has 0 unspecified atom stereocenters. The fourth-order valence-electron chi connectivity index (χ4n) is 2.91. The molecule has 1 aromatic heterocycles. The predicted octanol–water partition coefficient (Wildman–Crippen LogP) is 5.27. The first kappa shape index (κ1) is 18.7. The standard InChI is InChI=1S/C22H26N4O/c1-15(2)19-7-5-6-16(3)21(19)25-20-12-13-23-22(26-20)24-14-17-8-10-18(27-4)11-9-17/h5-13,15H,14H2,1-4H3,(H2,23,24,25,26). The summed E-state index contributed by atoms with van der Waals surface area (Å²) < 4.78 is 5.19. The van der Waals surface area contributed by atoms with Crippen molar-refractivity contribution >= 4 is 17.5 Å². The Hall–Kier alpha value is -3.08. The highest BCUT2D eigenvalue weighted by atomic mass is 16.5. The summed E-state index contributed by atoms with van der Waals surface area (Å²) in [4.78, 5) is 8.92. The van der Waals surface area contributed by atoms with E-state index in [1.165, 1.54) is 11.1 Å². The molecule has 3 aromatic rings. The van der Waals surface area contributed by atoms with E-state index in [0.717, 1.165) is 22.8 Å². The van der Waals surface area contributed by atoms with Gasteiger partial charge in [0.1, 0.15) is 11.6 Å². The molecule has 0 saturated carbocycles. The van der Waals surface area contributed by atoms with E-state index in [-0.39, 0.29) is 0 Å². The van der Waals surface area contributed by atoms with E-state index in [9.17, 15) is 0 Å². The average Bonchev–Trinajstić information content (AvgIpc) is 2.68. The minimum Gasteiger partial charge on any atom is -0.497 e. The van der Waals surface area contributed by atoms with Gasteiger partial charge in [0, 0.05) is 18.4 Å². The molecule has 0 aliphatic rings. The van der Waals surface area contributed by atoms with Crippen LogP contribution < -0.4 is 15.4 Å². The third-order valence-corrected chi connectivity index (χ3v) is 4.45. The number of ether oxygens (including phenoxy) is 1. The smallest absolute Gasteiger partial charge is 0.224 e. The Morgan fingerprint density at radius 3 is 2.52 bits per heavy atom. The maximum Gasteiger partial charge on any atom is 0.224 e. The summed E-state index contributed by atoms with van der Waals surface area (Å²) in [5.74, 6) is 2.65. The molecule has 5 heteroatoms. The predicted molar refractivity (Wildman–Crippen MR) is 111 cm³/mol. The minimum atomic E-state index is 0.432. The molecular weight excluding hydrogens is 336 g/mol. The van der Waals surface area contributed by atoms with Crippen molar-refractivity contribution in [3.8, 4) is 5.75 Å². The fraction of sp³-hybridized carbons (Fsp3) is 0.273. The molecule has 0 fully saturated rings. The number of hydrogen-bond donors (Lipinski definition) is 2. The summed E-state index contributed by atoms with van der Waals surface area (Å²) in [5.41, 5.74) is 4.74. The minimum absolute atomic E-state index is 0.432. The van der Waals surface area contributed by atoms with Crippen molar-refractivity contribution in [2.45, 2.75) is 33.2 Å². The van der Waals surface area contributed by atoms with E-state index in [4.69, 9.17) is 4.74 Å². The quantitative estimate of drug-likeness (QED) is 0.599. The third-order valence-electron chi connectivity index (χ3n) is 4.45. The van der Waals surface area contributed by atoms with Gasteiger partial charge in [0.25, 0.3) is 0 Å². The van der Waals surface area contributed by atoms with E-state index in [2.05, 4.69) is 59.6 Å². The lowest BCUT2D eigenvalue weighted by molar-refractivity contribution is 0.414. The first-order chi connectivity index (χ1) is 13.1. The summed E-state index contributed by atoms with van der Waals surface area (Å²) in [6.45, 7) is 7.15. The Kier molecular flexibility index (Phi) is 5.91. The molecule has 140 valence electrons. The number of nitrogens with one attached hydrogen (secondary N) is 2. The van der Waals surface area contributed by atoms with Gasteiger partial charge in [-0.2, -0.15) is 4.98 Å². The Labute approximate surface area is 160 Å². The zero-order valence-electron chi connectivity index (χ0n) is 16.3. The number of methoxy groups -OCH3 is 1. The maximum absolute atomic E-state index is 5.19. The summed E-state index contributed by atoms with van der Waals surface area (Å²) in [5, 5.41) is 6.74. The van der Waals surface area contributed by atoms with Gasteiger partial charge in [-0.3, -0.25) is 0 Å². The van der Waals surface area contributed by atoms with Crippen LogP contribution in [0.25, 0.3) is 0 Å². The fourth-order valence-corrected chi connectivity index (χ4v) is 2.91. The van der Waals surface area contributed by atoms with Crippen molar-refractivity contribution in [1.29, 1.82) is 0 Å². The van der Waals surface area contributed by atoms with Crippen LogP contribution in [0.15, 0.2) is 54.7 Å². The van der Waals surface area contributed by atoms with Crippen LogP contribution in [0.1, 0.15) is 36.5 Å². The monoisotopic (exact) mass is 362 g/mol. The molecule has 27 heavy (non-hydrogen) atoms. The number of nitrogens with zero attached hydrogens (tertiary/aromatic N) is 2. The van der Waals surface area contributed by atoms with Crippen LogP contribution in [0.5, 0.6) is 5.75 Å². The Morgan fingerprint density at radius 1 is 1.04 bits per heavy atom. The van der Waals surface area contributed by atoms with Crippen LogP contribution in [0.3, 0.4) is 0 Å². The van der Waals surface area contributed by atoms with Crippen molar-refractivity contribution in [3.05, 3.63) is 71.4 Å². The Balaban J connectivity index is 1.72. The van der Waals surface area contributed by atoms with Gasteiger partial charge in [-0.1, -0.05) is 44.2 Å². The molecule has 0 amide bonds. The SMILES string of the molecule is COc1ccc(CNc2nccc(Nc3c(C)cccc3C(C)C)n2)cc1. The topological polar surface area (TPSA) is 59.1 Å². The van der Waals surface area contributed by atoms with Gasteiger partial charge in [0.05, 0.1) is 7.11 Å². The molecule has 0 radical (unpaired) electrons. The number of hydrogen-bond acceptors (Lipinski definition) is 5. The highest BCUT2D eigenvalue weighted by Gasteiger charge is 2.10. The van der Waals surface area contributed by atoms with E-state index >= 15 is 0 Å². The number of aromatic nitrogens is 2. The molecule has 3 rings (SSSR count). The number of rotatable bonds is 7. The van der Waals surface area contributed by atoms with Gasteiger partial charge in [-0.25, -0.2) is 4.98 Å². The van der Waals surface area contributed by atoms with Crippen molar-refractivity contribution in [2.24, 2.45) is 0 Å². The number of anilines is 3. The normalized spacial score (nSPS) is 10.7. The largest absolute Gasteiger partial charge is 0.497 e. The lowest BCUT2D eigenvalue weighted by Gasteiger charge is -2.17. The second-order valence-corrected chi connectivity index (χ2v) is 6.79. The molecule has 2 N–H and O–H groups in total. The van der Waals surface area contributed by atoms with Crippen LogP contribution in [0, 0.1) is 6.92 Å². The second-order valence-electron chi connectivity index (χ2n) is 6.79. The van der Waals surface area contributed by atoms with Crippen LogP contribution in [0.4, 0.5) is 17.5 Å². The highest BCUT2D eigenvalue weighted by Crippen LogP contribution is 2.29. The summed E-state index contributed by atoms with van der Waals surface area (Å²) >= 11 is 0. The van der Waals surface area contributed by atoms with Crippen molar-refractivity contribution in [1.82, 2.24) is 9.97 Å². The van der Waals surface area contributed by atoms with E-state index in [1.54, 1.807) is 13.3 Å². The van der Waals surface area contributed by atoms with Crippen LogP contribution >= 0.6 is 0 Å². The lowest BCUT2D eigenvalue weighted by atomic mass is 9.98. The summed E-state index contributed by atoms with van der Waals surface area (Å²) in [6.07, 6.45) is 1.76. The van der Waals surface area contributed by atoms with Crippen LogP contribution in [0.2, 0.25) is 0 Å². The second kappa shape index (κ2) is 8.54. The molecule has 5 nitrogen and oxygen atoms in total. The average molecular weight is 362 g/mol. The van der Waals surface area contributed by atoms with Gasteiger partial charge in [0.15, 0.2) is 0 Å². The third kappa shape index (κ3) is 4.76. The van der Waals surface area contributed by atoms with Gasteiger partial charge in [-0.15, -0.1) is 0 Å². The maximum atomic E-state index is 5.19. The molecule has 0 bridgehead atoms. The zero-order valence-corrected chi connectivity index (χ0v) is 16.3. The first-order valence-electron chi connectivity index (χ1n) is 9.13. The van der Waals surface area contributed by atoms with Gasteiger partial charge in [-0.05, 0) is 47.7 Å². The molecule has 0 saturated heterocycles. The van der Waals surface area contributed by atoms with E-state index in [0.29, 0.717) is 18.4 Å². The highest BCUT2D eigenvalue weighted by molar-refractivity contribution is 5.65. The molecule has 0 atom stereocenters. The Bertz CT molecular complexity index is 891. The lowest BCUT2D eigenvalue weighted by Crippen LogP contribution is -2.06. The van der Waals surface area contributed by atoms with Gasteiger partial charge < -0.3 is 15.4 Å². The molecule has 0 aliphatic carbocycles. The first-order valence-corrected chi connectivity index (χ1v) is 9.13. The molecular formula is C22H26N4O. The Morgan fingerprint density at radius 2 is 1.81 bits per heavy atom. The summed E-state index contributed by atoms with van der Waals surface area (Å²) in [6, 6.07) is 16.2. The van der Waals surface area contributed by atoms with E-state index < -0.39 is 0 Å². The zero-order chi connectivity index (χ0) is 19.2. The van der Waals surface area contributed by atoms with Crippen LogP contribution in [-0.2, 0) is 6.54 Å². The van der Waals surface area contributed by atoms with Gasteiger partial charge in [0.2, 0.25) is 5.95 Å². The molecule has 2 aromatic carbocycles. The number of para-hydroxylation sites is 1. The number of aryl methyl sites for hydroxylation is 1. The number of benzene rings is 2.